The highest BCUT2D eigenvalue weighted by molar-refractivity contribution is 7.91. The van der Waals surface area contributed by atoms with Gasteiger partial charge in [0.15, 0.2) is 9.84 Å². The van der Waals surface area contributed by atoms with Crippen LogP contribution in [-0.4, -0.2) is 69.3 Å². The molecule has 5 rings (SSSR count). The van der Waals surface area contributed by atoms with Gasteiger partial charge in [-0.15, -0.1) is 0 Å². The molecule has 0 aliphatic carbocycles. The van der Waals surface area contributed by atoms with Crippen molar-refractivity contribution >= 4 is 26.4 Å². The van der Waals surface area contributed by atoms with Gasteiger partial charge < -0.3 is 19.8 Å². The van der Waals surface area contributed by atoms with E-state index in [2.05, 4.69) is 45.5 Å². The van der Waals surface area contributed by atoms with Crippen LogP contribution in [0.1, 0.15) is 18.4 Å². The van der Waals surface area contributed by atoms with E-state index in [1.807, 2.05) is 12.1 Å². The lowest BCUT2D eigenvalue weighted by Gasteiger charge is -2.27. The van der Waals surface area contributed by atoms with Gasteiger partial charge in [-0.2, -0.15) is 0 Å². The van der Waals surface area contributed by atoms with Gasteiger partial charge >= 0.3 is 0 Å². The van der Waals surface area contributed by atoms with Crippen LogP contribution in [0.5, 0.6) is 5.75 Å². The van der Waals surface area contributed by atoms with Crippen molar-refractivity contribution in [2.45, 2.75) is 25.4 Å². The maximum atomic E-state index is 11.8. The van der Waals surface area contributed by atoms with E-state index in [1.54, 1.807) is 7.11 Å². The molecule has 2 saturated heterocycles. The number of anilines is 1. The molecule has 33 heavy (non-hydrogen) atoms. The molecule has 0 amide bonds. The topological polar surface area (TPSA) is 83.7 Å². The number of nitrogens with zero attached hydrogens (tertiary/aromatic N) is 1. The third kappa shape index (κ3) is 5.18. The van der Waals surface area contributed by atoms with E-state index in [9.17, 15) is 8.42 Å². The monoisotopic (exact) mass is 469 g/mol. The van der Waals surface area contributed by atoms with E-state index in [0.717, 1.165) is 66.2 Å². The smallest absolute Gasteiger partial charge is 0.152 e. The fourth-order valence-corrected chi connectivity index (χ4v) is 5.94. The molecule has 0 radical (unpaired) electrons. The molecule has 2 N–H and O–H groups in total. The maximum absolute atomic E-state index is 11.8. The number of nitrogens with one attached hydrogen (secondary N) is 2. The molecule has 176 valence electrons. The number of hydrogen-bond donors (Lipinski definition) is 2. The van der Waals surface area contributed by atoms with Crippen LogP contribution in [0.15, 0.2) is 42.5 Å². The molecular formula is C25H31N3O4S. The first-order valence-corrected chi connectivity index (χ1v) is 13.4. The van der Waals surface area contributed by atoms with E-state index in [-0.39, 0.29) is 11.5 Å². The minimum absolute atomic E-state index is 0.244. The minimum atomic E-state index is -2.88. The highest BCUT2D eigenvalue weighted by Crippen LogP contribution is 2.32. The van der Waals surface area contributed by atoms with E-state index >= 15 is 0 Å². The second-order valence-corrected chi connectivity index (χ2v) is 11.3. The summed E-state index contributed by atoms with van der Waals surface area (Å²) in [4.78, 5) is 5.86. The van der Waals surface area contributed by atoms with Gasteiger partial charge in [-0.05, 0) is 66.4 Å². The number of methoxy groups -OCH3 is 1. The predicted octanol–water partition coefficient (Wildman–Crippen LogP) is 3.66. The lowest BCUT2D eigenvalue weighted by molar-refractivity contribution is 0.0905. The van der Waals surface area contributed by atoms with Gasteiger partial charge in [0.25, 0.3) is 0 Å². The molecule has 7 nitrogen and oxygen atoms in total. The van der Waals surface area contributed by atoms with Crippen molar-refractivity contribution in [3.05, 3.63) is 48.0 Å². The van der Waals surface area contributed by atoms with Gasteiger partial charge in [0, 0.05) is 50.0 Å². The molecule has 3 heterocycles. The lowest BCUT2D eigenvalue weighted by atomic mass is 10.1. The third-order valence-electron chi connectivity index (χ3n) is 6.61. The molecule has 2 aliphatic rings. The molecule has 1 aromatic heterocycles. The van der Waals surface area contributed by atoms with Gasteiger partial charge in [-0.1, -0.05) is 0 Å². The first-order chi connectivity index (χ1) is 16.0. The summed E-state index contributed by atoms with van der Waals surface area (Å²) >= 11 is 0. The van der Waals surface area contributed by atoms with Crippen molar-refractivity contribution in [3.8, 4) is 17.0 Å². The number of benzene rings is 2. The lowest BCUT2D eigenvalue weighted by Crippen LogP contribution is -2.39. The Labute approximate surface area is 195 Å². The van der Waals surface area contributed by atoms with E-state index in [0.29, 0.717) is 19.1 Å². The summed E-state index contributed by atoms with van der Waals surface area (Å²) in [6.07, 6.45) is 1.98. The van der Waals surface area contributed by atoms with Crippen LogP contribution in [0.4, 0.5) is 5.69 Å². The normalized spacial score (nSPS) is 19.5. The quantitative estimate of drug-likeness (QED) is 0.573. The van der Waals surface area contributed by atoms with E-state index < -0.39 is 9.84 Å². The van der Waals surface area contributed by atoms with Crippen molar-refractivity contribution in [2.24, 2.45) is 0 Å². The van der Waals surface area contributed by atoms with Gasteiger partial charge in [-0.3, -0.25) is 4.90 Å². The van der Waals surface area contributed by atoms with Crippen LogP contribution < -0.4 is 10.1 Å². The van der Waals surface area contributed by atoms with Crippen molar-refractivity contribution in [2.75, 3.05) is 50.2 Å². The summed E-state index contributed by atoms with van der Waals surface area (Å²) in [5.41, 5.74) is 5.54. The number of H-pyrrole nitrogens is 1. The Kier molecular flexibility index (Phi) is 6.32. The van der Waals surface area contributed by atoms with Crippen LogP contribution >= 0.6 is 0 Å². The molecule has 2 aliphatic heterocycles. The Hall–Kier alpha value is -2.55. The zero-order valence-electron chi connectivity index (χ0n) is 19.0. The van der Waals surface area contributed by atoms with E-state index in [1.165, 1.54) is 5.56 Å². The summed E-state index contributed by atoms with van der Waals surface area (Å²) < 4.78 is 34.5. The molecule has 2 fully saturated rings. The number of hydrogen-bond acceptors (Lipinski definition) is 6. The maximum Gasteiger partial charge on any atom is 0.152 e. The van der Waals surface area contributed by atoms with Crippen LogP contribution in [0.2, 0.25) is 0 Å². The Balaban J connectivity index is 1.46. The van der Waals surface area contributed by atoms with Gasteiger partial charge in [0.2, 0.25) is 0 Å². The molecule has 0 atom stereocenters. The summed E-state index contributed by atoms with van der Waals surface area (Å²) in [6.45, 7) is 3.49. The fraction of sp³-hybridized carbons (Fsp3) is 0.440. The summed E-state index contributed by atoms with van der Waals surface area (Å²) in [5, 5.41) is 4.90. The second-order valence-electron chi connectivity index (χ2n) is 8.98. The summed E-state index contributed by atoms with van der Waals surface area (Å²) in [7, 11) is -1.21. The standard InChI is InChI=1S/C25H31N3O4S/c1-31-22-4-2-19(3-5-22)23-16-20-14-18(17-28-8-12-33(29,30)13-9-28)15-24(25(20)27-23)26-21-6-10-32-11-7-21/h2-5,14-16,21,26-27H,6-13,17H2,1H3. The highest BCUT2D eigenvalue weighted by atomic mass is 32.2. The van der Waals surface area contributed by atoms with Gasteiger partial charge in [-0.25, -0.2) is 8.42 Å². The van der Waals surface area contributed by atoms with Crippen LogP contribution in [0.25, 0.3) is 22.2 Å². The number of aromatic amines is 1. The molecule has 8 heteroatoms. The average Bonchev–Trinajstić information content (AvgIpc) is 3.26. The minimum Gasteiger partial charge on any atom is -0.497 e. The van der Waals surface area contributed by atoms with E-state index in [4.69, 9.17) is 9.47 Å². The van der Waals surface area contributed by atoms with Crippen molar-refractivity contribution in [1.29, 1.82) is 0 Å². The molecule has 2 aromatic carbocycles. The van der Waals surface area contributed by atoms with Crippen LogP contribution in [-0.2, 0) is 21.1 Å². The number of sulfone groups is 1. The SMILES string of the molecule is COc1ccc(-c2cc3cc(CN4CCS(=O)(=O)CC4)cc(NC4CCOCC4)c3[nH]2)cc1. The second kappa shape index (κ2) is 9.37. The van der Waals surface area contributed by atoms with Gasteiger partial charge in [0.05, 0.1) is 29.8 Å². The predicted molar refractivity (Wildman–Crippen MR) is 132 cm³/mol. The van der Waals surface area contributed by atoms with Crippen LogP contribution in [0, 0.1) is 0 Å². The summed E-state index contributed by atoms with van der Waals surface area (Å²) in [5.74, 6) is 1.32. The molecule has 0 bridgehead atoms. The first kappa shape index (κ1) is 22.3. The molecule has 3 aromatic rings. The van der Waals surface area contributed by atoms with Crippen molar-refractivity contribution < 1.29 is 17.9 Å². The fourth-order valence-electron chi connectivity index (χ4n) is 4.67. The number of aromatic nitrogens is 1. The molecule has 0 saturated carbocycles. The Morgan fingerprint density at radius 1 is 1.09 bits per heavy atom. The van der Waals surface area contributed by atoms with Crippen molar-refractivity contribution in [3.63, 3.8) is 0 Å². The Bertz CT molecular complexity index is 1200. The summed E-state index contributed by atoms with van der Waals surface area (Å²) in [6, 6.07) is 15.1. The van der Waals surface area contributed by atoms with Gasteiger partial charge in [0.1, 0.15) is 5.75 Å². The zero-order chi connectivity index (χ0) is 22.8. The molecule has 0 spiro atoms. The largest absolute Gasteiger partial charge is 0.497 e. The highest BCUT2D eigenvalue weighted by Gasteiger charge is 2.22. The molecular weight excluding hydrogens is 438 g/mol. The number of ether oxygens (including phenoxy) is 2. The first-order valence-electron chi connectivity index (χ1n) is 11.6. The van der Waals surface area contributed by atoms with Crippen LogP contribution in [0.3, 0.4) is 0 Å². The Morgan fingerprint density at radius 3 is 2.52 bits per heavy atom. The number of rotatable bonds is 6. The number of fused-ring (bicyclic) bond motifs is 1. The molecule has 0 unspecified atom stereocenters. The third-order valence-corrected chi connectivity index (χ3v) is 8.22. The average molecular weight is 470 g/mol. The Morgan fingerprint density at radius 2 is 1.82 bits per heavy atom. The van der Waals surface area contributed by atoms with Crippen molar-refractivity contribution in [1.82, 2.24) is 9.88 Å². The zero-order valence-corrected chi connectivity index (χ0v) is 19.8.